The van der Waals surface area contributed by atoms with Crippen molar-refractivity contribution in [1.29, 1.82) is 0 Å². The number of carbonyl (C=O) groups is 1. The van der Waals surface area contributed by atoms with E-state index in [0.29, 0.717) is 23.7 Å². The van der Waals surface area contributed by atoms with E-state index in [1.54, 1.807) is 6.08 Å². The van der Waals surface area contributed by atoms with Crippen LogP contribution in [0.1, 0.15) is 59.8 Å². The Bertz CT molecular complexity index is 613. The Hall–Kier alpha value is -0.890. The average molecular weight is 314 g/mol. The topological polar surface area (TPSA) is 37.3 Å². The minimum absolute atomic E-state index is 0.0564. The van der Waals surface area contributed by atoms with Crippen LogP contribution in [0.3, 0.4) is 0 Å². The van der Waals surface area contributed by atoms with E-state index in [-0.39, 0.29) is 16.6 Å². The highest BCUT2D eigenvalue weighted by Crippen LogP contribution is 2.67. The lowest BCUT2D eigenvalue weighted by Crippen LogP contribution is -2.55. The number of ketones is 1. The molecular weight excluding hydrogens is 284 g/mol. The second-order valence-corrected chi connectivity index (χ2v) is 9.43. The molecule has 0 radical (unpaired) electrons. The van der Waals surface area contributed by atoms with Gasteiger partial charge in [0.05, 0.1) is 5.60 Å². The van der Waals surface area contributed by atoms with E-state index >= 15 is 0 Å². The zero-order valence-corrected chi connectivity index (χ0v) is 14.9. The third kappa shape index (κ3) is 1.88. The monoisotopic (exact) mass is 314 g/mol. The zero-order valence-electron chi connectivity index (χ0n) is 14.9. The highest BCUT2D eigenvalue weighted by atomic mass is 16.3. The summed E-state index contributed by atoms with van der Waals surface area (Å²) in [5, 5.41) is 11.0. The predicted molar refractivity (Wildman–Crippen MR) is 91.8 cm³/mol. The average Bonchev–Trinajstić information content (AvgIpc) is 2.72. The Morgan fingerprint density at radius 2 is 1.83 bits per heavy atom. The van der Waals surface area contributed by atoms with Gasteiger partial charge in [-0.1, -0.05) is 32.4 Å². The molecule has 4 rings (SSSR count). The normalized spacial score (nSPS) is 55.0. The van der Waals surface area contributed by atoms with Gasteiger partial charge in [0.2, 0.25) is 0 Å². The fourth-order valence-electron chi connectivity index (χ4n) is 6.79. The molecule has 0 aliphatic heterocycles. The molecule has 0 aromatic rings. The summed E-state index contributed by atoms with van der Waals surface area (Å²) < 4.78 is 0. The third-order valence-corrected chi connectivity index (χ3v) is 8.47. The molecule has 7 atom stereocenters. The van der Waals surface area contributed by atoms with E-state index in [4.69, 9.17) is 0 Å². The maximum absolute atomic E-state index is 11.8. The fourth-order valence-corrected chi connectivity index (χ4v) is 6.79. The fraction of sp³-hybridized carbons (Fsp3) is 0.762. The molecule has 3 saturated carbocycles. The zero-order chi connectivity index (χ0) is 16.6. The molecule has 0 aromatic carbocycles. The molecule has 2 heteroatoms. The third-order valence-electron chi connectivity index (χ3n) is 8.47. The van der Waals surface area contributed by atoms with Gasteiger partial charge in [-0.25, -0.2) is 0 Å². The first kappa shape index (κ1) is 15.6. The number of carbonyl (C=O) groups excluding carboxylic acids is 1. The number of aliphatic hydroxyl groups is 1. The quantitative estimate of drug-likeness (QED) is 0.724. The van der Waals surface area contributed by atoms with Gasteiger partial charge in [-0.05, 0) is 80.3 Å². The number of fused-ring (bicyclic) bond motifs is 5. The first-order valence-corrected chi connectivity index (χ1v) is 9.36. The van der Waals surface area contributed by atoms with Gasteiger partial charge in [0, 0.05) is 5.41 Å². The van der Waals surface area contributed by atoms with Crippen LogP contribution in [0.4, 0.5) is 0 Å². The van der Waals surface area contributed by atoms with Crippen molar-refractivity contribution in [1.82, 2.24) is 0 Å². The van der Waals surface area contributed by atoms with Gasteiger partial charge in [-0.3, -0.25) is 4.79 Å². The largest absolute Gasteiger partial charge is 0.390 e. The maximum atomic E-state index is 11.8. The van der Waals surface area contributed by atoms with Crippen molar-refractivity contribution in [2.45, 2.75) is 65.4 Å². The molecule has 126 valence electrons. The van der Waals surface area contributed by atoms with Crippen LogP contribution in [-0.2, 0) is 4.79 Å². The summed E-state index contributed by atoms with van der Waals surface area (Å²) >= 11 is 0. The summed E-state index contributed by atoms with van der Waals surface area (Å²) in [6.45, 7) is 9.12. The van der Waals surface area contributed by atoms with Gasteiger partial charge in [0.25, 0.3) is 0 Å². The van der Waals surface area contributed by atoms with Gasteiger partial charge in [-0.2, -0.15) is 0 Å². The lowest BCUT2D eigenvalue weighted by Gasteiger charge is -2.59. The summed E-state index contributed by atoms with van der Waals surface area (Å²) in [5.74, 6) is 2.68. The Balaban J connectivity index is 1.76. The van der Waals surface area contributed by atoms with Crippen molar-refractivity contribution >= 4 is 5.78 Å². The summed E-state index contributed by atoms with van der Waals surface area (Å²) in [7, 11) is 0. The van der Waals surface area contributed by atoms with Crippen LogP contribution in [-0.4, -0.2) is 16.5 Å². The molecule has 3 fully saturated rings. The first-order chi connectivity index (χ1) is 10.7. The van der Waals surface area contributed by atoms with E-state index < -0.39 is 5.60 Å². The predicted octanol–water partition coefficient (Wildman–Crippen LogP) is 4.29. The van der Waals surface area contributed by atoms with Crippen LogP contribution >= 0.6 is 0 Å². The second-order valence-electron chi connectivity index (χ2n) is 9.43. The highest BCUT2D eigenvalue weighted by molar-refractivity contribution is 6.01. The van der Waals surface area contributed by atoms with Crippen LogP contribution in [0, 0.1) is 34.5 Å². The Kier molecular flexibility index (Phi) is 3.12. The van der Waals surface area contributed by atoms with Crippen molar-refractivity contribution < 1.29 is 9.90 Å². The summed E-state index contributed by atoms with van der Waals surface area (Å²) in [6, 6.07) is 0. The standard InChI is InChI=1S/C21H30O2/c1-13-11-14-12-15(22)5-8-19(14,2)16-6-9-20(3)17(18(13)16)7-10-21(20,4)23/h5,8,12-13,16-18,23H,6-7,9-11H2,1-4H3/t13-,16-,17-,18+,19-,20-,21+/m0/s1. The molecule has 23 heavy (non-hydrogen) atoms. The van der Waals surface area contributed by atoms with E-state index in [9.17, 15) is 9.90 Å². The second kappa shape index (κ2) is 4.59. The molecule has 4 aliphatic rings. The van der Waals surface area contributed by atoms with Crippen LogP contribution in [0.5, 0.6) is 0 Å². The smallest absolute Gasteiger partial charge is 0.178 e. The molecule has 0 amide bonds. The Morgan fingerprint density at radius 1 is 1.13 bits per heavy atom. The van der Waals surface area contributed by atoms with E-state index in [1.165, 1.54) is 12.0 Å². The maximum Gasteiger partial charge on any atom is 0.178 e. The van der Waals surface area contributed by atoms with Crippen LogP contribution in [0.2, 0.25) is 0 Å². The van der Waals surface area contributed by atoms with Crippen molar-refractivity contribution in [3.63, 3.8) is 0 Å². The molecule has 0 saturated heterocycles. The number of hydrogen-bond donors (Lipinski definition) is 1. The summed E-state index contributed by atoms with van der Waals surface area (Å²) in [5.41, 5.74) is 0.958. The van der Waals surface area contributed by atoms with Crippen molar-refractivity contribution in [2.24, 2.45) is 34.5 Å². The molecule has 0 bridgehead atoms. The lowest BCUT2D eigenvalue weighted by molar-refractivity contribution is -0.123. The van der Waals surface area contributed by atoms with E-state index in [1.807, 2.05) is 6.08 Å². The van der Waals surface area contributed by atoms with Crippen molar-refractivity contribution in [3.8, 4) is 0 Å². The van der Waals surface area contributed by atoms with Gasteiger partial charge in [0.1, 0.15) is 0 Å². The molecule has 1 N–H and O–H groups in total. The highest BCUT2D eigenvalue weighted by Gasteiger charge is 2.63. The van der Waals surface area contributed by atoms with Gasteiger partial charge in [0.15, 0.2) is 5.78 Å². The number of hydrogen-bond acceptors (Lipinski definition) is 2. The number of rotatable bonds is 0. The number of allylic oxidation sites excluding steroid dienone is 4. The molecular formula is C21H30O2. The van der Waals surface area contributed by atoms with Crippen molar-refractivity contribution in [2.75, 3.05) is 0 Å². The van der Waals surface area contributed by atoms with Crippen LogP contribution in [0.25, 0.3) is 0 Å². The molecule has 0 aromatic heterocycles. The minimum atomic E-state index is -0.516. The minimum Gasteiger partial charge on any atom is -0.390 e. The Labute approximate surface area is 140 Å². The molecule has 0 spiro atoms. The van der Waals surface area contributed by atoms with Gasteiger partial charge < -0.3 is 5.11 Å². The van der Waals surface area contributed by atoms with E-state index in [0.717, 1.165) is 25.7 Å². The van der Waals surface area contributed by atoms with Gasteiger partial charge in [-0.15, -0.1) is 0 Å². The lowest BCUT2D eigenvalue weighted by atomic mass is 9.45. The molecule has 4 aliphatic carbocycles. The Morgan fingerprint density at radius 3 is 2.57 bits per heavy atom. The van der Waals surface area contributed by atoms with Crippen molar-refractivity contribution in [3.05, 3.63) is 23.8 Å². The van der Waals surface area contributed by atoms with Crippen LogP contribution in [0.15, 0.2) is 23.8 Å². The summed E-state index contributed by atoms with van der Waals surface area (Å²) in [6.07, 6.45) is 11.3. The van der Waals surface area contributed by atoms with E-state index in [2.05, 4.69) is 33.8 Å². The molecule has 2 nitrogen and oxygen atoms in total. The summed E-state index contributed by atoms with van der Waals surface area (Å²) in [4.78, 5) is 11.8. The van der Waals surface area contributed by atoms with Crippen LogP contribution < -0.4 is 0 Å². The van der Waals surface area contributed by atoms with Gasteiger partial charge >= 0.3 is 0 Å². The molecule has 0 heterocycles. The molecule has 0 unspecified atom stereocenters. The first-order valence-electron chi connectivity index (χ1n) is 9.36. The SMILES string of the molecule is C[C@H]1CC2=CC(=O)C=C[C@]2(C)[C@H]2CC[C@@]3(C)[C@@H](CC[C@@]3(C)O)[C@H]12.